The second kappa shape index (κ2) is 6.65. The van der Waals surface area contributed by atoms with Gasteiger partial charge in [-0.15, -0.1) is 0 Å². The largest absolute Gasteiger partial charge is 0.462 e. The smallest absolute Gasteiger partial charge is 0.246 e. The Balaban J connectivity index is 1.55. The van der Waals surface area contributed by atoms with Gasteiger partial charge in [0.1, 0.15) is 11.5 Å². The summed E-state index contributed by atoms with van der Waals surface area (Å²) in [5.74, 6) is 2.23. The molecule has 1 aliphatic rings. The molecule has 0 radical (unpaired) electrons. The molecule has 1 fully saturated rings. The number of hydrogen-bond acceptors (Lipinski definition) is 2. The topological polar surface area (TPSA) is 33.5 Å². The Labute approximate surface area is 131 Å². The highest BCUT2D eigenvalue weighted by molar-refractivity contribution is 5.91. The van der Waals surface area contributed by atoms with Crippen LogP contribution in [0.25, 0.3) is 6.08 Å². The molecular formula is C19H21NO2. The molecule has 0 N–H and O–H groups in total. The molecule has 22 heavy (non-hydrogen) atoms. The third kappa shape index (κ3) is 3.48. The number of furan rings is 1. The van der Waals surface area contributed by atoms with Crippen molar-refractivity contribution in [2.45, 2.75) is 25.7 Å². The van der Waals surface area contributed by atoms with Gasteiger partial charge >= 0.3 is 0 Å². The Kier molecular flexibility index (Phi) is 4.42. The van der Waals surface area contributed by atoms with Crippen LogP contribution in [0.1, 0.15) is 35.8 Å². The number of hydrogen-bond donors (Lipinski definition) is 0. The van der Waals surface area contributed by atoms with Gasteiger partial charge in [0, 0.05) is 19.2 Å². The number of rotatable bonds is 3. The Bertz CT molecular complexity index is 649. The maximum atomic E-state index is 12.2. The zero-order valence-electron chi connectivity index (χ0n) is 12.9. The van der Waals surface area contributed by atoms with Gasteiger partial charge in [-0.25, -0.2) is 0 Å². The van der Waals surface area contributed by atoms with Gasteiger partial charge in [0.15, 0.2) is 0 Å². The van der Waals surface area contributed by atoms with E-state index >= 15 is 0 Å². The Morgan fingerprint density at radius 2 is 1.86 bits per heavy atom. The number of aryl methyl sites for hydroxylation is 1. The van der Waals surface area contributed by atoms with Crippen molar-refractivity contribution < 1.29 is 9.21 Å². The number of carbonyl (C=O) groups is 1. The molecular weight excluding hydrogens is 274 g/mol. The summed E-state index contributed by atoms with van der Waals surface area (Å²) in [5, 5.41) is 0. The van der Waals surface area contributed by atoms with Crippen LogP contribution in [0.15, 0.2) is 53.0 Å². The summed E-state index contributed by atoms with van der Waals surface area (Å²) in [6.45, 7) is 3.54. The Hall–Kier alpha value is -2.29. The second-order valence-corrected chi connectivity index (χ2v) is 5.79. The van der Waals surface area contributed by atoms with Crippen molar-refractivity contribution in [1.82, 2.24) is 4.90 Å². The highest BCUT2D eigenvalue weighted by atomic mass is 16.3. The van der Waals surface area contributed by atoms with E-state index in [0.29, 0.717) is 5.92 Å². The number of nitrogens with zero attached hydrogens (tertiary/aromatic N) is 1. The van der Waals surface area contributed by atoms with Gasteiger partial charge in [-0.2, -0.15) is 0 Å². The van der Waals surface area contributed by atoms with Gasteiger partial charge in [0.25, 0.3) is 0 Å². The zero-order valence-corrected chi connectivity index (χ0v) is 12.9. The summed E-state index contributed by atoms with van der Waals surface area (Å²) in [5.41, 5.74) is 1.39. The first kappa shape index (κ1) is 14.6. The van der Waals surface area contributed by atoms with Crippen LogP contribution in [0.4, 0.5) is 0 Å². The summed E-state index contributed by atoms with van der Waals surface area (Å²) >= 11 is 0. The molecule has 1 saturated heterocycles. The van der Waals surface area contributed by atoms with Crippen LogP contribution in [-0.4, -0.2) is 23.9 Å². The molecule has 0 spiro atoms. The highest BCUT2D eigenvalue weighted by Crippen LogP contribution is 2.27. The van der Waals surface area contributed by atoms with E-state index in [1.807, 2.05) is 30.0 Å². The SMILES string of the molecule is Cc1ccc(/C=C/C(=O)N2CCC(c3ccccc3)CC2)o1. The quantitative estimate of drug-likeness (QED) is 0.802. The average molecular weight is 295 g/mol. The molecule has 3 heteroatoms. The van der Waals surface area contributed by atoms with Crippen LogP contribution < -0.4 is 0 Å². The molecule has 2 aromatic rings. The van der Waals surface area contributed by atoms with Crippen LogP contribution in [0.3, 0.4) is 0 Å². The summed E-state index contributed by atoms with van der Waals surface area (Å²) in [6, 6.07) is 14.4. The summed E-state index contributed by atoms with van der Waals surface area (Å²) in [4.78, 5) is 14.1. The van der Waals surface area contributed by atoms with E-state index in [1.54, 1.807) is 12.2 Å². The minimum Gasteiger partial charge on any atom is -0.462 e. The minimum atomic E-state index is 0.0700. The van der Waals surface area contributed by atoms with Gasteiger partial charge in [0.05, 0.1) is 0 Å². The summed E-state index contributed by atoms with van der Waals surface area (Å²) < 4.78 is 5.44. The zero-order chi connectivity index (χ0) is 15.4. The fourth-order valence-corrected chi connectivity index (χ4v) is 2.96. The molecule has 1 aromatic carbocycles. The number of likely N-dealkylation sites (tertiary alicyclic amines) is 1. The van der Waals surface area contributed by atoms with Gasteiger partial charge in [-0.1, -0.05) is 30.3 Å². The first-order valence-corrected chi connectivity index (χ1v) is 7.81. The van der Waals surface area contributed by atoms with Crippen molar-refractivity contribution >= 4 is 12.0 Å². The van der Waals surface area contributed by atoms with E-state index < -0.39 is 0 Å². The van der Waals surface area contributed by atoms with Crippen LogP contribution in [0, 0.1) is 6.92 Å². The maximum absolute atomic E-state index is 12.2. The fourth-order valence-electron chi connectivity index (χ4n) is 2.96. The maximum Gasteiger partial charge on any atom is 0.246 e. The van der Waals surface area contributed by atoms with Gasteiger partial charge in [-0.3, -0.25) is 4.79 Å². The monoisotopic (exact) mass is 295 g/mol. The van der Waals surface area contributed by atoms with Gasteiger partial charge in [0.2, 0.25) is 5.91 Å². The van der Waals surface area contributed by atoms with E-state index in [0.717, 1.165) is 37.5 Å². The molecule has 2 heterocycles. The normalized spacial score (nSPS) is 16.3. The van der Waals surface area contributed by atoms with E-state index in [4.69, 9.17) is 4.42 Å². The number of piperidine rings is 1. The minimum absolute atomic E-state index is 0.0700. The van der Waals surface area contributed by atoms with Crippen LogP contribution in [0.2, 0.25) is 0 Å². The third-order valence-corrected chi connectivity index (χ3v) is 4.23. The summed E-state index contributed by atoms with van der Waals surface area (Å²) in [6.07, 6.45) is 5.42. The van der Waals surface area contributed by atoms with Crippen molar-refractivity contribution in [1.29, 1.82) is 0 Å². The lowest BCUT2D eigenvalue weighted by molar-refractivity contribution is -0.126. The molecule has 114 valence electrons. The lowest BCUT2D eigenvalue weighted by Crippen LogP contribution is -2.36. The molecule has 0 bridgehead atoms. The molecule has 0 unspecified atom stereocenters. The van der Waals surface area contributed by atoms with Crippen molar-refractivity contribution in [3.8, 4) is 0 Å². The Morgan fingerprint density at radius 3 is 2.50 bits per heavy atom. The van der Waals surface area contributed by atoms with Gasteiger partial charge < -0.3 is 9.32 Å². The predicted octanol–water partition coefficient (Wildman–Crippen LogP) is 4.01. The predicted molar refractivity (Wildman–Crippen MR) is 87.5 cm³/mol. The van der Waals surface area contributed by atoms with E-state index in [1.165, 1.54) is 5.56 Å². The second-order valence-electron chi connectivity index (χ2n) is 5.79. The number of amides is 1. The highest BCUT2D eigenvalue weighted by Gasteiger charge is 2.22. The molecule has 1 aromatic heterocycles. The molecule has 0 saturated carbocycles. The van der Waals surface area contributed by atoms with Crippen LogP contribution in [0.5, 0.6) is 0 Å². The first-order valence-electron chi connectivity index (χ1n) is 7.81. The molecule has 1 amide bonds. The molecule has 3 rings (SSSR count). The fraction of sp³-hybridized carbons (Fsp3) is 0.316. The first-order chi connectivity index (χ1) is 10.7. The lowest BCUT2D eigenvalue weighted by Gasteiger charge is -2.31. The standard InChI is InChI=1S/C19H21NO2/c1-15-7-8-18(22-15)9-10-19(21)20-13-11-17(12-14-20)16-5-3-2-4-6-16/h2-10,17H,11-14H2,1H3/b10-9+. The van der Waals surface area contributed by atoms with Crippen molar-refractivity contribution in [2.75, 3.05) is 13.1 Å². The van der Waals surface area contributed by atoms with Crippen molar-refractivity contribution in [3.05, 3.63) is 65.6 Å². The Morgan fingerprint density at radius 1 is 1.14 bits per heavy atom. The van der Waals surface area contributed by atoms with E-state index in [9.17, 15) is 4.79 Å². The van der Waals surface area contributed by atoms with Crippen molar-refractivity contribution in [3.63, 3.8) is 0 Å². The summed E-state index contributed by atoms with van der Waals surface area (Å²) in [7, 11) is 0. The molecule has 0 aliphatic carbocycles. The molecule has 0 atom stereocenters. The lowest BCUT2D eigenvalue weighted by atomic mass is 9.89. The third-order valence-electron chi connectivity index (χ3n) is 4.23. The van der Waals surface area contributed by atoms with Crippen LogP contribution >= 0.6 is 0 Å². The van der Waals surface area contributed by atoms with Crippen LogP contribution in [-0.2, 0) is 4.79 Å². The molecule has 1 aliphatic heterocycles. The number of carbonyl (C=O) groups excluding carboxylic acids is 1. The van der Waals surface area contributed by atoms with Gasteiger partial charge in [-0.05, 0) is 49.5 Å². The number of benzene rings is 1. The van der Waals surface area contributed by atoms with E-state index in [2.05, 4.69) is 24.3 Å². The molecule has 3 nitrogen and oxygen atoms in total. The van der Waals surface area contributed by atoms with Crippen molar-refractivity contribution in [2.24, 2.45) is 0 Å². The van der Waals surface area contributed by atoms with E-state index in [-0.39, 0.29) is 5.91 Å². The average Bonchev–Trinajstić information content (AvgIpc) is 2.99.